The molecule has 0 aromatic heterocycles. The molecule has 0 bridgehead atoms. The van der Waals surface area contributed by atoms with Crippen molar-refractivity contribution in [3.8, 4) is 0 Å². The Hall–Kier alpha value is -1.44. The van der Waals surface area contributed by atoms with Crippen LogP contribution in [0.1, 0.15) is 31.2 Å². The van der Waals surface area contributed by atoms with Crippen LogP contribution in [0.5, 0.6) is 0 Å². The van der Waals surface area contributed by atoms with Crippen molar-refractivity contribution in [3.05, 3.63) is 29.8 Å². The molecule has 2 heterocycles. The van der Waals surface area contributed by atoms with Gasteiger partial charge in [0, 0.05) is 39.3 Å². The van der Waals surface area contributed by atoms with Crippen LogP contribution in [0.4, 0.5) is 0 Å². The third-order valence-corrected chi connectivity index (χ3v) is 7.22. The predicted octanol–water partition coefficient (Wildman–Crippen LogP) is 1.70. The molecule has 7 heteroatoms. The summed E-state index contributed by atoms with van der Waals surface area (Å²) in [5.41, 5.74) is 1.04. The standard InChI is InChI=1S/C19H29N3O3S/c1-17-6-8-18(9-7-17)26(24,25)22-14-12-20(13-15-22)16-19(23)21-10-4-2-3-5-11-21/h6-9H,2-5,10-16H2,1H3. The molecule has 26 heavy (non-hydrogen) atoms. The van der Waals surface area contributed by atoms with Gasteiger partial charge in [0.05, 0.1) is 11.4 Å². The van der Waals surface area contributed by atoms with Crippen molar-refractivity contribution in [2.75, 3.05) is 45.8 Å². The van der Waals surface area contributed by atoms with Crippen LogP contribution in [0.3, 0.4) is 0 Å². The van der Waals surface area contributed by atoms with E-state index in [0.717, 1.165) is 31.5 Å². The maximum atomic E-state index is 12.7. The number of carbonyl (C=O) groups is 1. The first-order valence-electron chi connectivity index (χ1n) is 9.54. The molecule has 1 aromatic carbocycles. The largest absolute Gasteiger partial charge is 0.342 e. The van der Waals surface area contributed by atoms with Crippen LogP contribution < -0.4 is 0 Å². The third kappa shape index (κ3) is 4.64. The summed E-state index contributed by atoms with van der Waals surface area (Å²) in [4.78, 5) is 16.9. The van der Waals surface area contributed by atoms with Gasteiger partial charge in [-0.05, 0) is 31.9 Å². The summed E-state index contributed by atoms with van der Waals surface area (Å²) < 4.78 is 27.0. The lowest BCUT2D eigenvalue weighted by molar-refractivity contribution is -0.132. The summed E-state index contributed by atoms with van der Waals surface area (Å²) in [6.07, 6.45) is 4.60. The number of nitrogens with zero attached hydrogens (tertiary/aromatic N) is 3. The fourth-order valence-electron chi connectivity index (χ4n) is 3.60. The molecule has 144 valence electrons. The van der Waals surface area contributed by atoms with E-state index in [9.17, 15) is 13.2 Å². The zero-order chi connectivity index (χ0) is 18.6. The molecule has 1 aromatic rings. The first-order chi connectivity index (χ1) is 12.5. The van der Waals surface area contributed by atoms with Gasteiger partial charge in [-0.25, -0.2) is 8.42 Å². The van der Waals surface area contributed by atoms with Crippen molar-refractivity contribution < 1.29 is 13.2 Å². The minimum Gasteiger partial charge on any atom is -0.342 e. The Morgan fingerprint density at radius 1 is 0.885 bits per heavy atom. The van der Waals surface area contributed by atoms with E-state index >= 15 is 0 Å². The summed E-state index contributed by atoms with van der Waals surface area (Å²) in [5, 5.41) is 0. The molecule has 2 saturated heterocycles. The summed E-state index contributed by atoms with van der Waals surface area (Å²) in [5.74, 6) is 0.182. The van der Waals surface area contributed by atoms with Gasteiger partial charge >= 0.3 is 0 Å². The average Bonchev–Trinajstić information content (AvgIpc) is 2.92. The van der Waals surface area contributed by atoms with Gasteiger partial charge in [-0.2, -0.15) is 4.31 Å². The number of likely N-dealkylation sites (tertiary alicyclic amines) is 1. The van der Waals surface area contributed by atoms with Crippen LogP contribution in [0.25, 0.3) is 0 Å². The van der Waals surface area contributed by atoms with E-state index < -0.39 is 10.0 Å². The van der Waals surface area contributed by atoms with Crippen molar-refractivity contribution in [2.45, 2.75) is 37.5 Å². The van der Waals surface area contributed by atoms with Gasteiger partial charge in [-0.3, -0.25) is 9.69 Å². The highest BCUT2D eigenvalue weighted by Gasteiger charge is 2.29. The Labute approximate surface area is 156 Å². The fourth-order valence-corrected chi connectivity index (χ4v) is 5.02. The quantitative estimate of drug-likeness (QED) is 0.799. The van der Waals surface area contributed by atoms with E-state index in [0.29, 0.717) is 37.6 Å². The minimum absolute atomic E-state index is 0.182. The molecule has 0 spiro atoms. The molecule has 0 aliphatic carbocycles. The van der Waals surface area contributed by atoms with Crippen LogP contribution in [0.2, 0.25) is 0 Å². The molecule has 0 saturated carbocycles. The molecule has 2 fully saturated rings. The number of sulfonamides is 1. The Kier molecular flexibility index (Phi) is 6.32. The number of hydrogen-bond acceptors (Lipinski definition) is 4. The lowest BCUT2D eigenvalue weighted by Gasteiger charge is -2.34. The number of amides is 1. The van der Waals surface area contributed by atoms with E-state index in [1.165, 1.54) is 17.1 Å². The zero-order valence-electron chi connectivity index (χ0n) is 15.6. The van der Waals surface area contributed by atoms with Crippen LogP contribution >= 0.6 is 0 Å². The zero-order valence-corrected chi connectivity index (χ0v) is 16.4. The molecule has 2 aliphatic heterocycles. The minimum atomic E-state index is -3.44. The fraction of sp³-hybridized carbons (Fsp3) is 0.632. The van der Waals surface area contributed by atoms with Crippen LogP contribution in [0, 0.1) is 6.92 Å². The van der Waals surface area contributed by atoms with E-state index in [2.05, 4.69) is 4.90 Å². The number of hydrogen-bond donors (Lipinski definition) is 0. The monoisotopic (exact) mass is 379 g/mol. The van der Waals surface area contributed by atoms with Gasteiger partial charge in [-0.1, -0.05) is 30.5 Å². The number of carbonyl (C=O) groups excluding carboxylic acids is 1. The van der Waals surface area contributed by atoms with Gasteiger partial charge < -0.3 is 4.90 Å². The number of rotatable bonds is 4. The first-order valence-corrected chi connectivity index (χ1v) is 11.0. The molecule has 2 aliphatic rings. The Bertz CT molecular complexity index is 702. The third-order valence-electron chi connectivity index (χ3n) is 5.31. The number of piperazine rings is 1. The molecule has 0 radical (unpaired) electrons. The topological polar surface area (TPSA) is 60.9 Å². The van der Waals surface area contributed by atoms with Crippen molar-refractivity contribution in [2.24, 2.45) is 0 Å². The average molecular weight is 380 g/mol. The lowest BCUT2D eigenvalue weighted by atomic mass is 10.2. The van der Waals surface area contributed by atoms with Crippen molar-refractivity contribution in [1.82, 2.24) is 14.1 Å². The molecular formula is C19H29N3O3S. The van der Waals surface area contributed by atoms with Crippen LogP contribution in [-0.2, 0) is 14.8 Å². The molecule has 0 atom stereocenters. The summed E-state index contributed by atoms with van der Waals surface area (Å²) in [6, 6.07) is 6.98. The van der Waals surface area contributed by atoms with Crippen molar-refractivity contribution in [1.29, 1.82) is 0 Å². The molecule has 1 amide bonds. The Balaban J connectivity index is 1.53. The molecule has 0 unspecified atom stereocenters. The molecular weight excluding hydrogens is 350 g/mol. The molecule has 0 N–H and O–H groups in total. The second kappa shape index (κ2) is 8.50. The predicted molar refractivity (Wildman–Crippen MR) is 101 cm³/mol. The van der Waals surface area contributed by atoms with Gasteiger partial charge in [0.15, 0.2) is 0 Å². The summed E-state index contributed by atoms with van der Waals surface area (Å²) in [6.45, 7) is 6.14. The van der Waals surface area contributed by atoms with E-state index in [4.69, 9.17) is 0 Å². The van der Waals surface area contributed by atoms with Gasteiger partial charge in [0.25, 0.3) is 0 Å². The Morgan fingerprint density at radius 2 is 1.46 bits per heavy atom. The van der Waals surface area contributed by atoms with Crippen molar-refractivity contribution >= 4 is 15.9 Å². The SMILES string of the molecule is Cc1ccc(S(=O)(=O)N2CCN(CC(=O)N3CCCCCC3)CC2)cc1. The number of aryl methyl sites for hydroxylation is 1. The molecule has 6 nitrogen and oxygen atoms in total. The lowest BCUT2D eigenvalue weighted by Crippen LogP contribution is -2.51. The second-order valence-electron chi connectivity index (χ2n) is 7.29. The van der Waals surface area contributed by atoms with E-state index in [-0.39, 0.29) is 5.91 Å². The highest BCUT2D eigenvalue weighted by molar-refractivity contribution is 7.89. The summed E-state index contributed by atoms with van der Waals surface area (Å²) in [7, 11) is -3.44. The summed E-state index contributed by atoms with van der Waals surface area (Å²) >= 11 is 0. The Morgan fingerprint density at radius 3 is 2.04 bits per heavy atom. The highest BCUT2D eigenvalue weighted by atomic mass is 32.2. The maximum Gasteiger partial charge on any atom is 0.243 e. The maximum absolute atomic E-state index is 12.7. The second-order valence-corrected chi connectivity index (χ2v) is 9.23. The number of benzene rings is 1. The van der Waals surface area contributed by atoms with Crippen molar-refractivity contribution in [3.63, 3.8) is 0 Å². The smallest absolute Gasteiger partial charge is 0.243 e. The normalized spacial score (nSPS) is 20.7. The van der Waals surface area contributed by atoms with Gasteiger partial charge in [-0.15, -0.1) is 0 Å². The van der Waals surface area contributed by atoms with Gasteiger partial charge in [0.1, 0.15) is 0 Å². The van der Waals surface area contributed by atoms with Crippen LogP contribution in [-0.4, -0.2) is 74.2 Å². The van der Waals surface area contributed by atoms with E-state index in [1.54, 1.807) is 12.1 Å². The van der Waals surface area contributed by atoms with Gasteiger partial charge in [0.2, 0.25) is 15.9 Å². The van der Waals surface area contributed by atoms with E-state index in [1.807, 2.05) is 24.0 Å². The first kappa shape index (κ1) is 19.3. The highest BCUT2D eigenvalue weighted by Crippen LogP contribution is 2.18. The molecule has 3 rings (SSSR count). The van der Waals surface area contributed by atoms with Crippen LogP contribution in [0.15, 0.2) is 29.2 Å².